The van der Waals surface area contributed by atoms with Crippen molar-refractivity contribution < 1.29 is 0 Å². The summed E-state index contributed by atoms with van der Waals surface area (Å²) in [6.45, 7) is 0. The lowest BCUT2D eigenvalue weighted by atomic mass is 10.3. The molecule has 0 atom stereocenters. The van der Waals surface area contributed by atoms with Crippen LogP contribution in [0.3, 0.4) is 0 Å². The van der Waals surface area contributed by atoms with Crippen LogP contribution >= 0.6 is 11.3 Å². The Kier molecular flexibility index (Phi) is 3.76. The highest BCUT2D eigenvalue weighted by Crippen LogP contribution is 2.13. The third-order valence-corrected chi connectivity index (χ3v) is 4.55. The van der Waals surface area contributed by atoms with Gasteiger partial charge in [0, 0.05) is 6.20 Å². The van der Waals surface area contributed by atoms with Crippen molar-refractivity contribution in [2.45, 2.75) is 0 Å². The molecule has 0 saturated carbocycles. The van der Waals surface area contributed by atoms with Crippen molar-refractivity contribution in [1.82, 2.24) is 9.55 Å². The molecule has 0 radical (unpaired) electrons. The molecular weight excluding hydrogens is 318 g/mol. The fraction of sp³-hybridized carbons (Fsp3) is 0. The standard InChI is InChI=1S/C19H13N3OS/c23-18-16-12-7-13-20-17(16)24-19(21-14-8-3-1-4-9-14)22(18)15-10-5-2-6-11-15/h1-13H. The van der Waals surface area contributed by atoms with E-state index in [9.17, 15) is 4.79 Å². The molecule has 0 aliphatic carbocycles. The van der Waals surface area contributed by atoms with E-state index in [4.69, 9.17) is 0 Å². The number of hydrogen-bond donors (Lipinski definition) is 0. The maximum atomic E-state index is 13.0. The SMILES string of the molecule is O=c1c2cccnc2sc(=Nc2ccccc2)n1-c1ccccc1. The molecule has 4 rings (SSSR count). The van der Waals surface area contributed by atoms with E-state index in [0.29, 0.717) is 15.0 Å². The molecule has 24 heavy (non-hydrogen) atoms. The third kappa shape index (κ3) is 2.66. The average Bonchev–Trinajstić information content (AvgIpc) is 2.64. The molecule has 0 bridgehead atoms. The number of rotatable bonds is 2. The molecule has 0 aliphatic rings. The van der Waals surface area contributed by atoms with E-state index in [1.807, 2.05) is 60.7 Å². The Morgan fingerprint density at radius 3 is 2.33 bits per heavy atom. The lowest BCUT2D eigenvalue weighted by Crippen LogP contribution is -2.30. The Bertz CT molecular complexity index is 1120. The van der Waals surface area contributed by atoms with Crippen LogP contribution in [0.5, 0.6) is 0 Å². The van der Waals surface area contributed by atoms with Crippen molar-refractivity contribution in [3.05, 3.63) is 94.1 Å². The fourth-order valence-corrected chi connectivity index (χ4v) is 3.45. The maximum absolute atomic E-state index is 13.0. The number of fused-ring (bicyclic) bond motifs is 1. The first-order valence-corrected chi connectivity index (χ1v) is 8.31. The van der Waals surface area contributed by atoms with Crippen LogP contribution in [0.15, 0.2) is 88.8 Å². The summed E-state index contributed by atoms with van der Waals surface area (Å²) in [6, 6.07) is 22.7. The zero-order valence-corrected chi connectivity index (χ0v) is 13.5. The largest absolute Gasteiger partial charge is 0.268 e. The Hall–Kier alpha value is -3.05. The molecule has 0 aliphatic heterocycles. The molecule has 5 heteroatoms. The zero-order chi connectivity index (χ0) is 16.4. The van der Waals surface area contributed by atoms with Gasteiger partial charge in [0.1, 0.15) is 4.83 Å². The number of hydrogen-bond acceptors (Lipinski definition) is 4. The minimum absolute atomic E-state index is 0.113. The van der Waals surface area contributed by atoms with Gasteiger partial charge in [-0.05, 0) is 36.4 Å². The monoisotopic (exact) mass is 331 g/mol. The average molecular weight is 331 g/mol. The molecule has 0 saturated heterocycles. The van der Waals surface area contributed by atoms with Crippen molar-refractivity contribution in [2.75, 3.05) is 0 Å². The second-order valence-electron chi connectivity index (χ2n) is 5.16. The summed E-state index contributed by atoms with van der Waals surface area (Å²) >= 11 is 1.40. The van der Waals surface area contributed by atoms with Crippen LogP contribution in [-0.4, -0.2) is 9.55 Å². The number of benzene rings is 2. The normalized spacial score (nSPS) is 11.8. The highest BCUT2D eigenvalue weighted by Gasteiger charge is 2.09. The summed E-state index contributed by atoms with van der Waals surface area (Å²) < 4.78 is 1.64. The molecule has 116 valence electrons. The van der Waals surface area contributed by atoms with Gasteiger partial charge in [0.05, 0.1) is 16.8 Å². The van der Waals surface area contributed by atoms with Crippen LogP contribution in [0.4, 0.5) is 5.69 Å². The lowest BCUT2D eigenvalue weighted by molar-refractivity contribution is 0.954. The Labute approximate surface area is 142 Å². The van der Waals surface area contributed by atoms with E-state index >= 15 is 0 Å². The molecule has 0 amide bonds. The first kappa shape index (κ1) is 14.5. The van der Waals surface area contributed by atoms with E-state index in [-0.39, 0.29) is 5.56 Å². The summed E-state index contributed by atoms with van der Waals surface area (Å²) in [5.74, 6) is 0. The molecule has 4 aromatic rings. The van der Waals surface area contributed by atoms with E-state index in [1.54, 1.807) is 22.9 Å². The van der Waals surface area contributed by atoms with Crippen LogP contribution in [0.1, 0.15) is 0 Å². The fourth-order valence-electron chi connectivity index (χ4n) is 2.46. The summed E-state index contributed by atoms with van der Waals surface area (Å²) in [4.78, 5) is 23.3. The first-order valence-electron chi connectivity index (χ1n) is 7.49. The highest BCUT2D eigenvalue weighted by atomic mass is 32.1. The van der Waals surface area contributed by atoms with Gasteiger partial charge in [0.25, 0.3) is 5.56 Å². The number of para-hydroxylation sites is 2. The second-order valence-corrected chi connectivity index (χ2v) is 6.12. The number of pyridine rings is 1. The van der Waals surface area contributed by atoms with Gasteiger partial charge in [-0.15, -0.1) is 0 Å². The highest BCUT2D eigenvalue weighted by molar-refractivity contribution is 7.15. The quantitative estimate of drug-likeness (QED) is 0.562. The summed E-state index contributed by atoms with van der Waals surface area (Å²) in [5.41, 5.74) is 1.48. The van der Waals surface area contributed by atoms with Gasteiger partial charge in [-0.2, -0.15) is 0 Å². The van der Waals surface area contributed by atoms with Crippen molar-refractivity contribution >= 4 is 27.2 Å². The summed E-state index contributed by atoms with van der Waals surface area (Å²) in [5, 5.41) is 0.596. The van der Waals surface area contributed by atoms with Gasteiger partial charge in [0.2, 0.25) is 0 Å². The van der Waals surface area contributed by atoms with Crippen LogP contribution in [0.25, 0.3) is 15.9 Å². The molecule has 0 N–H and O–H groups in total. The van der Waals surface area contributed by atoms with E-state index < -0.39 is 0 Å². The topological polar surface area (TPSA) is 47.2 Å². The number of nitrogens with zero attached hydrogens (tertiary/aromatic N) is 3. The molecule has 4 nitrogen and oxygen atoms in total. The van der Waals surface area contributed by atoms with Gasteiger partial charge in [-0.25, -0.2) is 9.98 Å². The second kappa shape index (κ2) is 6.22. The molecule has 0 fully saturated rings. The Morgan fingerprint density at radius 2 is 1.58 bits per heavy atom. The summed E-state index contributed by atoms with van der Waals surface area (Å²) in [7, 11) is 0. The van der Waals surface area contributed by atoms with Crippen molar-refractivity contribution in [1.29, 1.82) is 0 Å². The lowest BCUT2D eigenvalue weighted by Gasteiger charge is -2.07. The first-order chi connectivity index (χ1) is 11.8. The Balaban J connectivity index is 2.12. The van der Waals surface area contributed by atoms with E-state index in [0.717, 1.165) is 11.4 Å². The summed E-state index contributed by atoms with van der Waals surface area (Å²) in [6.07, 6.45) is 1.69. The maximum Gasteiger partial charge on any atom is 0.267 e. The molecule has 2 aromatic carbocycles. The molecule has 0 spiro atoms. The number of aromatic nitrogens is 2. The molecule has 0 unspecified atom stereocenters. The minimum atomic E-state index is -0.113. The zero-order valence-electron chi connectivity index (χ0n) is 12.7. The minimum Gasteiger partial charge on any atom is -0.268 e. The predicted molar refractivity (Wildman–Crippen MR) is 96.9 cm³/mol. The Morgan fingerprint density at radius 1 is 0.875 bits per heavy atom. The van der Waals surface area contributed by atoms with Crippen LogP contribution in [0.2, 0.25) is 0 Å². The third-order valence-electron chi connectivity index (χ3n) is 3.58. The van der Waals surface area contributed by atoms with Gasteiger partial charge in [-0.3, -0.25) is 9.36 Å². The molecule has 2 heterocycles. The van der Waals surface area contributed by atoms with Crippen molar-refractivity contribution in [3.63, 3.8) is 0 Å². The van der Waals surface area contributed by atoms with Crippen LogP contribution < -0.4 is 10.4 Å². The van der Waals surface area contributed by atoms with Gasteiger partial charge >= 0.3 is 0 Å². The van der Waals surface area contributed by atoms with Crippen molar-refractivity contribution in [2.24, 2.45) is 4.99 Å². The van der Waals surface area contributed by atoms with Crippen LogP contribution in [-0.2, 0) is 0 Å². The van der Waals surface area contributed by atoms with Crippen molar-refractivity contribution in [3.8, 4) is 5.69 Å². The van der Waals surface area contributed by atoms with Gasteiger partial charge < -0.3 is 0 Å². The smallest absolute Gasteiger partial charge is 0.267 e. The van der Waals surface area contributed by atoms with E-state index in [2.05, 4.69) is 9.98 Å². The van der Waals surface area contributed by atoms with Gasteiger partial charge in [-0.1, -0.05) is 47.7 Å². The molecule has 2 aromatic heterocycles. The molecular formula is C19H13N3OS. The van der Waals surface area contributed by atoms with Gasteiger partial charge in [0.15, 0.2) is 4.80 Å². The van der Waals surface area contributed by atoms with E-state index in [1.165, 1.54) is 11.3 Å². The predicted octanol–water partition coefficient (Wildman–Crippen LogP) is 3.68. The van der Waals surface area contributed by atoms with Crippen LogP contribution in [0, 0.1) is 0 Å².